The van der Waals surface area contributed by atoms with E-state index >= 15 is 0 Å². The maximum Gasteiger partial charge on any atom is 0.225 e. The lowest BCUT2D eigenvalue weighted by atomic mass is 10.00. The number of aliphatic hydroxyl groups is 1. The first-order valence-corrected chi connectivity index (χ1v) is 7.61. The molecule has 5 heteroatoms. The quantitative estimate of drug-likeness (QED) is 0.894. The molecule has 0 saturated carbocycles. The van der Waals surface area contributed by atoms with Crippen LogP contribution in [0.4, 0.5) is 10.1 Å². The summed E-state index contributed by atoms with van der Waals surface area (Å²) in [6.45, 7) is 0.683. The second-order valence-corrected chi connectivity index (χ2v) is 6.03. The van der Waals surface area contributed by atoms with Gasteiger partial charge in [-0.1, -0.05) is 12.1 Å². The molecule has 4 nitrogen and oxygen atoms in total. The fourth-order valence-corrected chi connectivity index (χ4v) is 3.62. The molecule has 2 N–H and O–H groups in total. The standard InChI is InChI=1S/C16H21FN2O2/c17-14-3-1-2-4-15(14)18-16(21)7-8-19-11-5-6-12(19)10-13(20)9-11/h1-4,11-13,20H,5-10H2,(H,18,21). The number of carbonyl (C=O) groups is 1. The van der Waals surface area contributed by atoms with E-state index in [9.17, 15) is 14.3 Å². The van der Waals surface area contributed by atoms with Crippen LogP contribution in [-0.2, 0) is 4.79 Å². The summed E-state index contributed by atoms with van der Waals surface area (Å²) in [4.78, 5) is 14.3. The molecule has 0 radical (unpaired) electrons. The topological polar surface area (TPSA) is 52.6 Å². The first kappa shape index (κ1) is 14.5. The first-order chi connectivity index (χ1) is 10.1. The number of para-hydroxylation sites is 1. The Hall–Kier alpha value is -1.46. The van der Waals surface area contributed by atoms with Crippen LogP contribution in [0.5, 0.6) is 0 Å². The van der Waals surface area contributed by atoms with Crippen LogP contribution in [0.25, 0.3) is 0 Å². The number of hydrogen-bond donors (Lipinski definition) is 2. The molecule has 1 aromatic carbocycles. The molecule has 2 bridgehead atoms. The van der Waals surface area contributed by atoms with Crippen molar-refractivity contribution in [2.75, 3.05) is 11.9 Å². The number of aliphatic hydroxyl groups excluding tert-OH is 1. The van der Waals surface area contributed by atoms with Gasteiger partial charge in [0.2, 0.25) is 5.91 Å². The highest BCUT2D eigenvalue weighted by molar-refractivity contribution is 5.90. The number of halogens is 1. The molecule has 3 rings (SSSR count). The predicted molar refractivity (Wildman–Crippen MR) is 78.4 cm³/mol. The smallest absolute Gasteiger partial charge is 0.225 e. The molecule has 0 spiro atoms. The molecule has 0 aliphatic carbocycles. The molecule has 21 heavy (non-hydrogen) atoms. The zero-order valence-electron chi connectivity index (χ0n) is 12.0. The fourth-order valence-electron chi connectivity index (χ4n) is 3.62. The fraction of sp³-hybridized carbons (Fsp3) is 0.562. The summed E-state index contributed by atoms with van der Waals surface area (Å²) in [6.07, 6.45) is 4.01. The van der Waals surface area contributed by atoms with Gasteiger partial charge < -0.3 is 10.4 Å². The van der Waals surface area contributed by atoms with Crippen LogP contribution in [0, 0.1) is 5.82 Å². The molecule has 1 amide bonds. The van der Waals surface area contributed by atoms with Gasteiger partial charge in [-0.15, -0.1) is 0 Å². The van der Waals surface area contributed by atoms with Gasteiger partial charge >= 0.3 is 0 Å². The van der Waals surface area contributed by atoms with Gasteiger partial charge in [-0.2, -0.15) is 0 Å². The number of fused-ring (bicyclic) bond motifs is 2. The summed E-state index contributed by atoms with van der Waals surface area (Å²) in [6, 6.07) is 7.00. The normalized spacial score (nSPS) is 28.6. The zero-order chi connectivity index (χ0) is 14.8. The maximum atomic E-state index is 13.5. The van der Waals surface area contributed by atoms with E-state index in [4.69, 9.17) is 0 Å². The van der Waals surface area contributed by atoms with Crippen LogP contribution in [0.1, 0.15) is 32.1 Å². The molecule has 1 aromatic rings. The SMILES string of the molecule is O=C(CCN1C2CCC1CC(O)C2)Nc1ccccc1F. The Bertz CT molecular complexity index is 509. The molecule has 2 atom stereocenters. The van der Waals surface area contributed by atoms with E-state index in [1.807, 2.05) is 0 Å². The highest BCUT2D eigenvalue weighted by atomic mass is 19.1. The minimum atomic E-state index is -0.410. The van der Waals surface area contributed by atoms with E-state index in [1.165, 1.54) is 6.07 Å². The van der Waals surface area contributed by atoms with Crippen LogP contribution in [0.15, 0.2) is 24.3 Å². The van der Waals surface area contributed by atoms with Crippen LogP contribution in [-0.4, -0.2) is 40.6 Å². The van der Waals surface area contributed by atoms with Crippen molar-refractivity contribution in [3.63, 3.8) is 0 Å². The molecule has 2 aliphatic rings. The molecule has 2 heterocycles. The van der Waals surface area contributed by atoms with Crippen molar-refractivity contribution in [1.82, 2.24) is 4.90 Å². The summed E-state index contributed by atoms with van der Waals surface area (Å²) >= 11 is 0. The summed E-state index contributed by atoms with van der Waals surface area (Å²) in [7, 11) is 0. The molecular weight excluding hydrogens is 271 g/mol. The third-order valence-corrected chi connectivity index (χ3v) is 4.60. The lowest BCUT2D eigenvalue weighted by molar-refractivity contribution is -0.116. The number of benzene rings is 1. The van der Waals surface area contributed by atoms with Gasteiger partial charge in [0.15, 0.2) is 0 Å². The Kier molecular flexibility index (Phi) is 4.22. The second kappa shape index (κ2) is 6.12. The van der Waals surface area contributed by atoms with E-state index < -0.39 is 5.82 Å². The second-order valence-electron chi connectivity index (χ2n) is 6.03. The molecule has 2 unspecified atom stereocenters. The van der Waals surface area contributed by atoms with Gasteiger partial charge in [-0.3, -0.25) is 9.69 Å². The average molecular weight is 292 g/mol. The summed E-state index contributed by atoms with van der Waals surface area (Å²) in [5, 5.41) is 12.4. The van der Waals surface area contributed by atoms with Crippen molar-refractivity contribution in [3.05, 3.63) is 30.1 Å². The van der Waals surface area contributed by atoms with Crippen LogP contribution in [0.2, 0.25) is 0 Å². The van der Waals surface area contributed by atoms with Crippen molar-refractivity contribution in [2.24, 2.45) is 0 Å². The largest absolute Gasteiger partial charge is 0.393 e. The van der Waals surface area contributed by atoms with E-state index in [1.54, 1.807) is 18.2 Å². The lowest BCUT2D eigenvalue weighted by Crippen LogP contribution is -2.45. The third kappa shape index (κ3) is 3.24. The van der Waals surface area contributed by atoms with Crippen molar-refractivity contribution < 1.29 is 14.3 Å². The van der Waals surface area contributed by atoms with Gasteiger partial charge in [-0.25, -0.2) is 4.39 Å². The Labute approximate surface area is 124 Å². The average Bonchev–Trinajstić information content (AvgIpc) is 2.69. The molecule has 114 valence electrons. The monoisotopic (exact) mass is 292 g/mol. The highest BCUT2D eigenvalue weighted by Crippen LogP contribution is 2.35. The van der Waals surface area contributed by atoms with Gasteiger partial charge in [0.1, 0.15) is 5.82 Å². The number of anilines is 1. The number of carbonyl (C=O) groups excluding carboxylic acids is 1. The highest BCUT2D eigenvalue weighted by Gasteiger charge is 2.39. The lowest BCUT2D eigenvalue weighted by Gasteiger charge is -2.36. The zero-order valence-corrected chi connectivity index (χ0v) is 12.0. The summed E-state index contributed by atoms with van der Waals surface area (Å²) in [5.74, 6) is -0.572. The maximum absolute atomic E-state index is 13.5. The first-order valence-electron chi connectivity index (χ1n) is 7.61. The molecule has 2 saturated heterocycles. The van der Waals surface area contributed by atoms with E-state index in [2.05, 4.69) is 10.2 Å². The predicted octanol–water partition coefficient (Wildman–Crippen LogP) is 2.14. The van der Waals surface area contributed by atoms with Crippen molar-refractivity contribution >= 4 is 11.6 Å². The summed E-state index contributed by atoms with van der Waals surface area (Å²) < 4.78 is 13.5. The Morgan fingerprint density at radius 3 is 2.62 bits per heavy atom. The number of nitrogens with zero attached hydrogens (tertiary/aromatic N) is 1. The van der Waals surface area contributed by atoms with Gasteiger partial charge in [-0.05, 0) is 37.8 Å². The van der Waals surface area contributed by atoms with Crippen LogP contribution < -0.4 is 5.32 Å². The van der Waals surface area contributed by atoms with Crippen molar-refractivity contribution in [3.8, 4) is 0 Å². The Morgan fingerprint density at radius 2 is 1.95 bits per heavy atom. The van der Waals surface area contributed by atoms with Crippen molar-refractivity contribution in [1.29, 1.82) is 0 Å². The van der Waals surface area contributed by atoms with E-state index in [0.717, 1.165) is 25.7 Å². The van der Waals surface area contributed by atoms with E-state index in [0.29, 0.717) is 25.0 Å². The minimum absolute atomic E-state index is 0.161. The van der Waals surface area contributed by atoms with Gasteiger partial charge in [0, 0.05) is 25.0 Å². The van der Waals surface area contributed by atoms with Crippen molar-refractivity contribution in [2.45, 2.75) is 50.3 Å². The number of nitrogens with one attached hydrogen (secondary N) is 1. The number of amides is 1. The van der Waals surface area contributed by atoms with Crippen LogP contribution >= 0.6 is 0 Å². The Balaban J connectivity index is 1.52. The molecule has 0 aromatic heterocycles. The molecular formula is C16H21FN2O2. The molecule has 2 fully saturated rings. The summed E-state index contributed by atoms with van der Waals surface area (Å²) in [5.41, 5.74) is 0.236. The number of piperidine rings is 1. The number of rotatable bonds is 4. The molecule has 2 aliphatic heterocycles. The van der Waals surface area contributed by atoms with Gasteiger partial charge in [0.05, 0.1) is 11.8 Å². The third-order valence-electron chi connectivity index (χ3n) is 4.60. The van der Waals surface area contributed by atoms with Gasteiger partial charge in [0.25, 0.3) is 0 Å². The van der Waals surface area contributed by atoms with E-state index in [-0.39, 0.29) is 17.7 Å². The minimum Gasteiger partial charge on any atom is -0.393 e. The Morgan fingerprint density at radius 1 is 1.29 bits per heavy atom. The van der Waals surface area contributed by atoms with Crippen LogP contribution in [0.3, 0.4) is 0 Å². The number of hydrogen-bond acceptors (Lipinski definition) is 3.